The van der Waals surface area contributed by atoms with Gasteiger partial charge in [0, 0.05) is 44.6 Å². The summed E-state index contributed by atoms with van der Waals surface area (Å²) in [6, 6.07) is 6.05. The third-order valence-corrected chi connectivity index (χ3v) is 7.22. The Hall–Kier alpha value is -1.76. The van der Waals surface area contributed by atoms with E-state index in [4.69, 9.17) is 23.2 Å². The van der Waals surface area contributed by atoms with Gasteiger partial charge in [-0.25, -0.2) is 9.78 Å². The van der Waals surface area contributed by atoms with Crippen LogP contribution in [0.15, 0.2) is 36.9 Å². The van der Waals surface area contributed by atoms with Gasteiger partial charge in [0.2, 0.25) is 0 Å². The number of nitrogens with one attached hydrogen (secondary N) is 1. The summed E-state index contributed by atoms with van der Waals surface area (Å²) >= 11 is 12.5. The van der Waals surface area contributed by atoms with Crippen molar-refractivity contribution in [1.82, 2.24) is 19.8 Å². The van der Waals surface area contributed by atoms with Crippen LogP contribution in [0.1, 0.15) is 32.1 Å². The van der Waals surface area contributed by atoms with Crippen molar-refractivity contribution < 1.29 is 4.79 Å². The summed E-state index contributed by atoms with van der Waals surface area (Å²) in [5.41, 5.74) is 1.04. The van der Waals surface area contributed by atoms with E-state index in [1.165, 1.54) is 23.8 Å². The van der Waals surface area contributed by atoms with Crippen LogP contribution in [0.4, 0.5) is 10.5 Å². The highest BCUT2D eigenvalue weighted by atomic mass is 35.5. The summed E-state index contributed by atoms with van der Waals surface area (Å²) in [6.07, 6.45) is 10.6. The van der Waals surface area contributed by atoms with Crippen molar-refractivity contribution in [3.05, 3.63) is 47.0 Å². The van der Waals surface area contributed by atoms with E-state index in [1.807, 2.05) is 18.2 Å². The summed E-state index contributed by atoms with van der Waals surface area (Å²) in [7, 11) is 0. The molecule has 2 fully saturated rings. The molecule has 1 N–H and O–H groups in total. The second kappa shape index (κ2) is 10.0. The van der Waals surface area contributed by atoms with E-state index in [0.29, 0.717) is 10.0 Å². The zero-order valence-corrected chi connectivity index (χ0v) is 18.7. The van der Waals surface area contributed by atoms with Gasteiger partial charge in [-0.05, 0) is 56.7 Å². The lowest BCUT2D eigenvalue weighted by atomic mass is 9.84. The van der Waals surface area contributed by atoms with Gasteiger partial charge in [0.05, 0.1) is 15.7 Å². The van der Waals surface area contributed by atoms with Gasteiger partial charge in [-0.2, -0.15) is 0 Å². The number of imidazole rings is 1. The third kappa shape index (κ3) is 5.29. The highest BCUT2D eigenvalue weighted by molar-refractivity contribution is 6.43. The maximum atomic E-state index is 12.1. The monoisotopic (exact) mass is 449 g/mol. The molecule has 1 saturated carbocycles. The van der Waals surface area contributed by atoms with Crippen LogP contribution in [0.3, 0.4) is 0 Å². The van der Waals surface area contributed by atoms with Gasteiger partial charge >= 0.3 is 6.03 Å². The van der Waals surface area contributed by atoms with Gasteiger partial charge in [0.25, 0.3) is 0 Å². The lowest BCUT2D eigenvalue weighted by molar-refractivity contribution is 0.206. The van der Waals surface area contributed by atoms with Gasteiger partial charge in [-0.15, -0.1) is 0 Å². The summed E-state index contributed by atoms with van der Waals surface area (Å²) in [5.74, 6) is 0.756. The first-order valence-electron chi connectivity index (χ1n) is 10.8. The Morgan fingerprint density at radius 3 is 2.57 bits per heavy atom. The maximum Gasteiger partial charge on any atom is 0.327 e. The number of aromatic nitrogens is 2. The molecule has 0 unspecified atom stereocenters. The summed E-state index contributed by atoms with van der Waals surface area (Å²) in [6.45, 7) is 5.21. The van der Waals surface area contributed by atoms with E-state index in [-0.39, 0.29) is 12.1 Å². The first-order chi connectivity index (χ1) is 14.6. The lowest BCUT2D eigenvalue weighted by Crippen LogP contribution is -2.47. The first kappa shape index (κ1) is 21.5. The summed E-state index contributed by atoms with van der Waals surface area (Å²) < 4.78 is 1.50. The number of piperazine rings is 1. The Balaban J connectivity index is 1.15. The molecule has 0 bridgehead atoms. The molecule has 1 saturated heterocycles. The minimum Gasteiger partial charge on any atom is -0.368 e. The number of nitrogens with zero attached hydrogens (tertiary/aromatic N) is 4. The number of rotatable bonds is 5. The Morgan fingerprint density at radius 2 is 1.87 bits per heavy atom. The fourth-order valence-electron chi connectivity index (χ4n) is 4.54. The average Bonchev–Trinajstić information content (AvgIpc) is 3.31. The number of carbonyl (C=O) groups excluding carboxylic acids is 1. The molecular formula is C22H29Cl2N5O. The van der Waals surface area contributed by atoms with E-state index < -0.39 is 0 Å². The fourth-order valence-corrected chi connectivity index (χ4v) is 4.95. The molecule has 1 aliphatic heterocycles. The van der Waals surface area contributed by atoms with E-state index in [2.05, 4.69) is 20.1 Å². The molecule has 8 heteroatoms. The number of anilines is 1. The van der Waals surface area contributed by atoms with Crippen molar-refractivity contribution in [2.75, 3.05) is 37.6 Å². The number of halogens is 2. The topological polar surface area (TPSA) is 53.4 Å². The van der Waals surface area contributed by atoms with E-state index in [1.54, 1.807) is 18.7 Å². The summed E-state index contributed by atoms with van der Waals surface area (Å²) in [4.78, 5) is 21.0. The van der Waals surface area contributed by atoms with Crippen LogP contribution in [0.5, 0.6) is 0 Å². The van der Waals surface area contributed by atoms with Crippen molar-refractivity contribution in [2.24, 2.45) is 5.92 Å². The van der Waals surface area contributed by atoms with Crippen LogP contribution >= 0.6 is 23.2 Å². The molecule has 2 heterocycles. The predicted molar refractivity (Wildman–Crippen MR) is 122 cm³/mol. The standard InChI is InChI=1S/C22H29Cl2N5O/c23-19-2-1-3-20(21(19)24)28-14-12-27(13-15-28)10-8-17-4-6-18(7-5-17)26-22(30)29-11-9-25-16-29/h1-3,9,11,16-18H,4-8,10,12-15H2,(H,26,30). The van der Waals surface area contributed by atoms with Gasteiger partial charge < -0.3 is 10.2 Å². The molecule has 1 amide bonds. The largest absolute Gasteiger partial charge is 0.368 e. The molecule has 0 atom stereocenters. The zero-order valence-electron chi connectivity index (χ0n) is 17.1. The van der Waals surface area contributed by atoms with Crippen LogP contribution in [0, 0.1) is 5.92 Å². The summed E-state index contributed by atoms with van der Waals surface area (Å²) in [5, 5.41) is 4.40. The molecule has 2 aliphatic rings. The second-order valence-corrected chi connectivity index (χ2v) is 9.11. The molecule has 6 nitrogen and oxygen atoms in total. The number of hydrogen-bond donors (Lipinski definition) is 1. The number of hydrogen-bond acceptors (Lipinski definition) is 4. The lowest BCUT2D eigenvalue weighted by Gasteiger charge is -2.37. The van der Waals surface area contributed by atoms with Gasteiger partial charge in [0.1, 0.15) is 6.33 Å². The predicted octanol–water partition coefficient (Wildman–Crippen LogP) is 4.52. The van der Waals surface area contributed by atoms with Crippen LogP contribution in [0.2, 0.25) is 10.0 Å². The highest BCUT2D eigenvalue weighted by Gasteiger charge is 2.24. The van der Waals surface area contributed by atoms with Crippen LogP contribution in [-0.4, -0.2) is 59.2 Å². The number of benzene rings is 1. The second-order valence-electron chi connectivity index (χ2n) is 8.33. The van der Waals surface area contributed by atoms with Gasteiger partial charge in [-0.1, -0.05) is 29.3 Å². The molecule has 1 aromatic heterocycles. The molecule has 4 rings (SSSR count). The average molecular weight is 450 g/mol. The van der Waals surface area contributed by atoms with Gasteiger partial charge in [0.15, 0.2) is 0 Å². The Morgan fingerprint density at radius 1 is 1.10 bits per heavy atom. The number of amides is 1. The smallest absolute Gasteiger partial charge is 0.327 e. The molecule has 2 aromatic rings. The van der Waals surface area contributed by atoms with Crippen LogP contribution in [-0.2, 0) is 0 Å². The van der Waals surface area contributed by atoms with Crippen molar-refractivity contribution in [3.8, 4) is 0 Å². The maximum absolute atomic E-state index is 12.1. The molecule has 1 aliphatic carbocycles. The Labute approximate surface area is 188 Å². The van der Waals surface area contributed by atoms with E-state index in [9.17, 15) is 4.79 Å². The minimum absolute atomic E-state index is 0.0753. The normalized spacial score (nSPS) is 22.8. The Bertz CT molecular complexity index is 828. The highest BCUT2D eigenvalue weighted by Crippen LogP contribution is 2.33. The first-order valence-corrected chi connectivity index (χ1v) is 11.6. The van der Waals surface area contributed by atoms with Gasteiger partial charge in [-0.3, -0.25) is 9.47 Å². The van der Waals surface area contributed by atoms with Crippen LogP contribution in [0.25, 0.3) is 0 Å². The van der Waals surface area contributed by atoms with E-state index in [0.717, 1.165) is 57.2 Å². The molecule has 1 aromatic carbocycles. The SMILES string of the molecule is O=C(NC1CCC(CCN2CCN(c3cccc(Cl)c3Cl)CC2)CC1)n1ccnc1. The molecule has 30 heavy (non-hydrogen) atoms. The quantitative estimate of drug-likeness (QED) is 0.728. The third-order valence-electron chi connectivity index (χ3n) is 6.41. The zero-order chi connectivity index (χ0) is 20.9. The van der Waals surface area contributed by atoms with Crippen molar-refractivity contribution in [1.29, 1.82) is 0 Å². The number of carbonyl (C=O) groups is 1. The minimum atomic E-state index is -0.0753. The van der Waals surface area contributed by atoms with Crippen molar-refractivity contribution in [3.63, 3.8) is 0 Å². The van der Waals surface area contributed by atoms with Crippen molar-refractivity contribution >= 4 is 34.9 Å². The fraction of sp³-hybridized carbons (Fsp3) is 0.545. The molecule has 0 spiro atoms. The van der Waals surface area contributed by atoms with Crippen LogP contribution < -0.4 is 10.2 Å². The molecule has 162 valence electrons. The Kier molecular flexibility index (Phi) is 7.18. The molecule has 0 radical (unpaired) electrons. The molecular weight excluding hydrogens is 421 g/mol. The van der Waals surface area contributed by atoms with Crippen molar-refractivity contribution in [2.45, 2.75) is 38.1 Å². The van der Waals surface area contributed by atoms with E-state index >= 15 is 0 Å².